The number of ether oxygens (including phenoxy) is 1. The molecule has 22 heteroatoms. The molecule has 0 aromatic heterocycles. The summed E-state index contributed by atoms with van der Waals surface area (Å²) in [6.45, 7) is -1.59. The van der Waals surface area contributed by atoms with Crippen LogP contribution in [0.3, 0.4) is 0 Å². The molecular formula is C19H18F20O2. The van der Waals surface area contributed by atoms with Crippen LogP contribution in [0.15, 0.2) is 0 Å². The summed E-state index contributed by atoms with van der Waals surface area (Å²) in [6.07, 6.45) is -5.24. The normalized spacial score (nSPS) is 15.5. The molecule has 41 heavy (non-hydrogen) atoms. The molecule has 0 saturated heterocycles. The molecule has 0 radical (unpaired) electrons. The molecule has 0 N–H and O–H groups in total. The molecule has 0 aliphatic carbocycles. The van der Waals surface area contributed by atoms with Gasteiger partial charge in [0, 0.05) is 6.42 Å². The highest BCUT2D eigenvalue weighted by Gasteiger charge is 2.96. The summed E-state index contributed by atoms with van der Waals surface area (Å²) < 4.78 is 270. The number of unbranched alkanes of at least 4 members (excludes halogenated alkanes) is 4. The van der Waals surface area contributed by atoms with Crippen LogP contribution in [0.1, 0.15) is 45.4 Å². The Hall–Kier alpha value is -1.93. The minimum absolute atomic E-state index is 0.181. The Labute approximate surface area is 216 Å². The van der Waals surface area contributed by atoms with E-state index < -0.39 is 78.7 Å². The van der Waals surface area contributed by atoms with Crippen LogP contribution >= 0.6 is 0 Å². The first-order valence-electron chi connectivity index (χ1n) is 10.7. The Morgan fingerprint density at radius 1 is 0.537 bits per heavy atom. The van der Waals surface area contributed by atoms with E-state index in [4.69, 9.17) is 0 Å². The van der Waals surface area contributed by atoms with Gasteiger partial charge in [-0.1, -0.05) is 32.6 Å². The lowest BCUT2D eigenvalue weighted by Gasteiger charge is -2.44. The van der Waals surface area contributed by atoms with Crippen molar-refractivity contribution in [2.24, 2.45) is 0 Å². The van der Waals surface area contributed by atoms with Crippen molar-refractivity contribution in [1.82, 2.24) is 0 Å². The fraction of sp³-hybridized carbons (Fsp3) is 0.947. The zero-order valence-electron chi connectivity index (χ0n) is 19.9. The van der Waals surface area contributed by atoms with Gasteiger partial charge >= 0.3 is 65.7 Å². The summed E-state index contributed by atoms with van der Waals surface area (Å²) in [7, 11) is 0. The van der Waals surface area contributed by atoms with Crippen LogP contribution in [0.25, 0.3) is 0 Å². The fourth-order valence-electron chi connectivity index (χ4n) is 2.77. The van der Waals surface area contributed by atoms with Gasteiger partial charge in [0.05, 0.1) is 0 Å². The summed E-state index contributed by atoms with van der Waals surface area (Å²) in [5, 5.41) is 0. The Morgan fingerprint density at radius 2 is 0.878 bits per heavy atom. The van der Waals surface area contributed by atoms with E-state index in [1.165, 1.54) is 0 Å². The van der Waals surface area contributed by atoms with Crippen molar-refractivity contribution in [3.8, 4) is 0 Å². The lowest BCUT2D eigenvalue weighted by molar-refractivity contribution is -0.465. The van der Waals surface area contributed by atoms with E-state index in [1.807, 2.05) is 0 Å². The highest BCUT2D eigenvalue weighted by Crippen LogP contribution is 2.65. The van der Waals surface area contributed by atoms with Crippen molar-refractivity contribution in [2.45, 2.75) is 105 Å². The quantitative estimate of drug-likeness (QED) is 0.0887. The molecule has 2 nitrogen and oxygen atoms in total. The van der Waals surface area contributed by atoms with Gasteiger partial charge in [-0.15, -0.1) is 0 Å². The van der Waals surface area contributed by atoms with Gasteiger partial charge in [-0.25, -0.2) is 8.78 Å². The molecule has 0 bridgehead atoms. The molecule has 0 aliphatic heterocycles. The topological polar surface area (TPSA) is 26.3 Å². The van der Waals surface area contributed by atoms with Crippen molar-refractivity contribution >= 4 is 5.97 Å². The average Bonchev–Trinajstić information content (AvgIpc) is 2.81. The number of carbonyl (C=O) groups excluding carboxylic acids is 1. The monoisotopic (exact) mass is 658 g/mol. The van der Waals surface area contributed by atoms with Gasteiger partial charge in [0.2, 0.25) is 0 Å². The Bertz CT molecular complexity index is 882. The first-order valence-corrected chi connectivity index (χ1v) is 10.7. The molecule has 0 aromatic carbocycles. The molecule has 0 fully saturated rings. The number of hydrogen-bond donors (Lipinski definition) is 0. The maximum absolute atomic E-state index is 13.8. The molecule has 0 unspecified atom stereocenters. The van der Waals surface area contributed by atoms with Gasteiger partial charge in [0.15, 0.2) is 6.61 Å². The lowest BCUT2D eigenvalue weighted by atomic mass is 9.86. The summed E-state index contributed by atoms with van der Waals surface area (Å²) in [6, 6.07) is 0. The van der Waals surface area contributed by atoms with Gasteiger partial charge in [0.1, 0.15) is 0 Å². The van der Waals surface area contributed by atoms with Crippen LogP contribution in [0.2, 0.25) is 0 Å². The molecule has 0 atom stereocenters. The van der Waals surface area contributed by atoms with Gasteiger partial charge in [0.25, 0.3) is 0 Å². The summed E-state index contributed by atoms with van der Waals surface area (Å²) in [5.41, 5.74) is 0. The SMILES string of the molecule is CCCCCCCC(=O)OCC(F)(F)C(F)(F)C(F)(F)C(F)(F)C(F)(F)C(F)(F)C(F)(F)C(F)(F)C(F)(F)C(F)F. The van der Waals surface area contributed by atoms with E-state index in [1.54, 1.807) is 6.92 Å². The van der Waals surface area contributed by atoms with Crippen LogP contribution < -0.4 is 0 Å². The number of hydrogen-bond acceptors (Lipinski definition) is 2. The smallest absolute Gasteiger partial charge is 0.385 e. The van der Waals surface area contributed by atoms with Crippen molar-refractivity contribution < 1.29 is 97.3 Å². The van der Waals surface area contributed by atoms with Crippen LogP contribution in [0.4, 0.5) is 87.8 Å². The van der Waals surface area contributed by atoms with Gasteiger partial charge in [-0.05, 0) is 6.42 Å². The Balaban J connectivity index is 6.36. The van der Waals surface area contributed by atoms with Crippen LogP contribution in [0.5, 0.6) is 0 Å². The standard InChI is InChI=1S/C19H18F20O2/c1-2-3-4-5-6-7-9(40)41-8-11(22,23)13(26,27)15(30,31)17(34,35)19(38,39)18(36,37)16(32,33)14(28,29)12(24,25)10(20)21/h10H,2-8H2,1H3. The number of esters is 1. The zero-order valence-corrected chi connectivity index (χ0v) is 19.9. The number of carbonyl (C=O) groups is 1. The number of alkyl halides is 20. The molecule has 0 saturated carbocycles. The lowest BCUT2D eigenvalue weighted by Crippen LogP contribution is -2.76. The van der Waals surface area contributed by atoms with E-state index in [2.05, 4.69) is 4.74 Å². The van der Waals surface area contributed by atoms with Crippen molar-refractivity contribution in [3.63, 3.8) is 0 Å². The predicted octanol–water partition coefficient (Wildman–Crippen LogP) is 8.87. The molecule has 0 amide bonds. The maximum Gasteiger partial charge on any atom is 0.385 e. The minimum Gasteiger partial charge on any atom is -0.459 e. The largest absolute Gasteiger partial charge is 0.459 e. The number of rotatable bonds is 17. The van der Waals surface area contributed by atoms with Crippen molar-refractivity contribution in [1.29, 1.82) is 0 Å². The summed E-state index contributed by atoms with van der Waals surface area (Å²) in [5.74, 6) is -77.6. The van der Waals surface area contributed by atoms with Gasteiger partial charge in [-0.2, -0.15) is 79.0 Å². The minimum atomic E-state index is -9.07. The fourth-order valence-corrected chi connectivity index (χ4v) is 2.77. The second-order valence-electron chi connectivity index (χ2n) is 8.47. The molecule has 0 spiro atoms. The Kier molecular flexibility index (Phi) is 11.4. The molecule has 0 rings (SSSR count). The van der Waals surface area contributed by atoms with E-state index in [0.29, 0.717) is 19.3 Å². The molecule has 246 valence electrons. The second-order valence-corrected chi connectivity index (χ2v) is 8.47. The van der Waals surface area contributed by atoms with E-state index in [-0.39, 0.29) is 12.8 Å². The predicted molar refractivity (Wildman–Crippen MR) is 94.9 cm³/mol. The summed E-state index contributed by atoms with van der Waals surface area (Å²) in [4.78, 5) is 11.3. The molecule has 0 heterocycles. The van der Waals surface area contributed by atoms with Crippen LogP contribution in [-0.2, 0) is 9.53 Å². The third-order valence-corrected chi connectivity index (χ3v) is 5.42. The van der Waals surface area contributed by atoms with E-state index in [0.717, 1.165) is 0 Å². The third-order valence-electron chi connectivity index (χ3n) is 5.42. The van der Waals surface area contributed by atoms with Crippen molar-refractivity contribution in [3.05, 3.63) is 0 Å². The van der Waals surface area contributed by atoms with Crippen molar-refractivity contribution in [2.75, 3.05) is 6.61 Å². The van der Waals surface area contributed by atoms with Gasteiger partial charge in [-0.3, -0.25) is 4.79 Å². The molecular weight excluding hydrogens is 640 g/mol. The third kappa shape index (κ3) is 6.24. The molecule has 0 aromatic rings. The van der Waals surface area contributed by atoms with Crippen LogP contribution in [0, 0.1) is 0 Å². The second kappa shape index (κ2) is 12.0. The Morgan fingerprint density at radius 3 is 1.24 bits per heavy atom. The van der Waals surface area contributed by atoms with Crippen LogP contribution in [-0.4, -0.2) is 72.3 Å². The maximum atomic E-state index is 13.8. The van der Waals surface area contributed by atoms with E-state index in [9.17, 15) is 92.6 Å². The summed E-state index contributed by atoms with van der Waals surface area (Å²) >= 11 is 0. The van der Waals surface area contributed by atoms with E-state index >= 15 is 0 Å². The first kappa shape index (κ1) is 39.1. The zero-order chi connectivity index (χ0) is 33.3. The number of halogens is 20. The highest BCUT2D eigenvalue weighted by molar-refractivity contribution is 5.69. The average molecular weight is 658 g/mol. The molecule has 0 aliphatic rings. The highest BCUT2D eigenvalue weighted by atomic mass is 19.4. The van der Waals surface area contributed by atoms with Gasteiger partial charge < -0.3 is 4.74 Å². The first-order chi connectivity index (χ1) is 17.9.